The van der Waals surface area contributed by atoms with Gasteiger partial charge < -0.3 is 9.42 Å². The van der Waals surface area contributed by atoms with Crippen LogP contribution in [0.5, 0.6) is 0 Å². The molecular weight excluding hydrogens is 252 g/mol. The molecule has 5 nitrogen and oxygen atoms in total. The van der Waals surface area contributed by atoms with Crippen molar-refractivity contribution < 1.29 is 4.52 Å². The molecule has 5 heteroatoms. The Labute approximate surface area is 118 Å². The zero-order chi connectivity index (χ0) is 13.5. The minimum atomic E-state index is 0.572. The minimum Gasteiger partial charge on any atom is -0.355 e. The predicted molar refractivity (Wildman–Crippen MR) is 75.3 cm³/mol. The molecule has 4 rings (SSSR count). The summed E-state index contributed by atoms with van der Waals surface area (Å²) in [6.07, 6.45) is 5.96. The Morgan fingerprint density at radius 3 is 2.75 bits per heavy atom. The Morgan fingerprint density at radius 2 is 2.05 bits per heavy atom. The standard InChI is InChI=1S/C15H18N4O/c1-10-17-15(20-18-10)13-6-3-7-16-14(13)19-8-11-4-2-5-12(11)9-19/h3,6-7,11-12H,2,4-5,8-9H2,1H3/t11-,12+. The molecule has 0 spiro atoms. The number of hydrogen-bond acceptors (Lipinski definition) is 5. The highest BCUT2D eigenvalue weighted by Crippen LogP contribution is 2.41. The zero-order valence-electron chi connectivity index (χ0n) is 11.6. The van der Waals surface area contributed by atoms with Gasteiger partial charge in [0.05, 0.1) is 5.56 Å². The fourth-order valence-corrected chi connectivity index (χ4v) is 3.63. The van der Waals surface area contributed by atoms with Crippen molar-refractivity contribution in [3.63, 3.8) is 0 Å². The second kappa shape index (κ2) is 4.58. The van der Waals surface area contributed by atoms with Crippen molar-refractivity contribution >= 4 is 5.82 Å². The average molecular weight is 270 g/mol. The smallest absolute Gasteiger partial charge is 0.261 e. The molecule has 3 heterocycles. The maximum atomic E-state index is 5.32. The lowest BCUT2D eigenvalue weighted by molar-refractivity contribution is 0.425. The van der Waals surface area contributed by atoms with E-state index in [1.807, 2.05) is 25.3 Å². The van der Waals surface area contributed by atoms with Crippen LogP contribution in [0.2, 0.25) is 0 Å². The number of rotatable bonds is 2. The lowest BCUT2D eigenvalue weighted by atomic mass is 10.0. The van der Waals surface area contributed by atoms with Gasteiger partial charge in [0.25, 0.3) is 5.89 Å². The van der Waals surface area contributed by atoms with E-state index in [1.54, 1.807) is 0 Å². The molecule has 0 aromatic carbocycles. The van der Waals surface area contributed by atoms with E-state index in [9.17, 15) is 0 Å². The molecule has 0 bridgehead atoms. The normalized spacial score (nSPS) is 25.1. The molecule has 0 unspecified atom stereocenters. The van der Waals surface area contributed by atoms with Crippen LogP contribution in [0.3, 0.4) is 0 Å². The molecule has 0 radical (unpaired) electrons. The Morgan fingerprint density at radius 1 is 1.25 bits per heavy atom. The van der Waals surface area contributed by atoms with E-state index in [-0.39, 0.29) is 0 Å². The molecule has 2 fully saturated rings. The van der Waals surface area contributed by atoms with Gasteiger partial charge in [0.15, 0.2) is 5.82 Å². The van der Waals surface area contributed by atoms with E-state index in [0.717, 1.165) is 36.3 Å². The summed E-state index contributed by atoms with van der Waals surface area (Å²) < 4.78 is 5.32. The molecule has 2 aromatic heterocycles. The van der Waals surface area contributed by atoms with Crippen molar-refractivity contribution in [1.29, 1.82) is 0 Å². The molecule has 2 atom stereocenters. The summed E-state index contributed by atoms with van der Waals surface area (Å²) in [7, 11) is 0. The number of nitrogens with zero attached hydrogens (tertiary/aromatic N) is 4. The number of aryl methyl sites for hydroxylation is 1. The van der Waals surface area contributed by atoms with Gasteiger partial charge in [-0.25, -0.2) is 4.98 Å². The molecule has 104 valence electrons. The SMILES string of the molecule is Cc1noc(-c2cccnc2N2C[C@H]3CCC[C@H]3C2)n1. The van der Waals surface area contributed by atoms with Gasteiger partial charge in [-0.2, -0.15) is 4.98 Å². The maximum absolute atomic E-state index is 5.32. The first-order valence-electron chi connectivity index (χ1n) is 7.32. The van der Waals surface area contributed by atoms with Crippen LogP contribution in [-0.2, 0) is 0 Å². The summed E-state index contributed by atoms with van der Waals surface area (Å²) in [5, 5.41) is 3.89. The van der Waals surface area contributed by atoms with Gasteiger partial charge in [0.1, 0.15) is 5.82 Å². The molecule has 20 heavy (non-hydrogen) atoms. The van der Waals surface area contributed by atoms with E-state index in [2.05, 4.69) is 20.0 Å². The van der Waals surface area contributed by atoms with Crippen molar-refractivity contribution in [2.45, 2.75) is 26.2 Å². The summed E-state index contributed by atoms with van der Waals surface area (Å²) >= 11 is 0. The highest BCUT2D eigenvalue weighted by atomic mass is 16.5. The topological polar surface area (TPSA) is 55.1 Å². The Balaban J connectivity index is 1.69. The Kier molecular flexibility index (Phi) is 2.72. The lowest BCUT2D eigenvalue weighted by Gasteiger charge is -2.20. The largest absolute Gasteiger partial charge is 0.355 e. The molecule has 1 saturated carbocycles. The van der Waals surface area contributed by atoms with Crippen molar-refractivity contribution in [1.82, 2.24) is 15.1 Å². The Hall–Kier alpha value is -1.91. The zero-order valence-corrected chi connectivity index (χ0v) is 11.6. The van der Waals surface area contributed by atoms with Crippen LogP contribution in [0.15, 0.2) is 22.9 Å². The van der Waals surface area contributed by atoms with E-state index in [0.29, 0.717) is 11.7 Å². The fourth-order valence-electron chi connectivity index (χ4n) is 3.63. The van der Waals surface area contributed by atoms with Gasteiger partial charge in [0.2, 0.25) is 0 Å². The van der Waals surface area contributed by atoms with Crippen LogP contribution in [0, 0.1) is 18.8 Å². The summed E-state index contributed by atoms with van der Waals surface area (Å²) in [6.45, 7) is 4.06. The van der Waals surface area contributed by atoms with Crippen LogP contribution < -0.4 is 4.90 Å². The molecule has 1 aliphatic carbocycles. The van der Waals surface area contributed by atoms with Gasteiger partial charge >= 0.3 is 0 Å². The second-order valence-electron chi connectivity index (χ2n) is 5.88. The molecular formula is C15H18N4O. The summed E-state index contributed by atoms with van der Waals surface area (Å²) in [5.41, 5.74) is 0.952. The summed E-state index contributed by atoms with van der Waals surface area (Å²) in [4.78, 5) is 11.3. The minimum absolute atomic E-state index is 0.572. The molecule has 2 aliphatic rings. The molecule has 1 saturated heterocycles. The molecule has 0 amide bonds. The molecule has 0 N–H and O–H groups in total. The monoisotopic (exact) mass is 270 g/mol. The third-order valence-corrected chi connectivity index (χ3v) is 4.57. The summed E-state index contributed by atoms with van der Waals surface area (Å²) in [5.74, 6) is 3.91. The lowest BCUT2D eigenvalue weighted by Crippen LogP contribution is -2.22. The van der Waals surface area contributed by atoms with Gasteiger partial charge in [-0.3, -0.25) is 0 Å². The first kappa shape index (κ1) is 11.9. The van der Waals surface area contributed by atoms with Gasteiger partial charge in [-0.15, -0.1) is 0 Å². The van der Waals surface area contributed by atoms with Crippen molar-refractivity contribution in [2.75, 3.05) is 18.0 Å². The van der Waals surface area contributed by atoms with Crippen LogP contribution in [0.4, 0.5) is 5.82 Å². The molecule has 1 aliphatic heterocycles. The number of pyridine rings is 1. The predicted octanol–water partition coefficient (Wildman–Crippen LogP) is 2.68. The third kappa shape index (κ3) is 1.88. The third-order valence-electron chi connectivity index (χ3n) is 4.57. The van der Waals surface area contributed by atoms with Crippen LogP contribution in [0.25, 0.3) is 11.5 Å². The van der Waals surface area contributed by atoms with Crippen molar-refractivity contribution in [3.05, 3.63) is 24.2 Å². The maximum Gasteiger partial charge on any atom is 0.261 e. The van der Waals surface area contributed by atoms with Crippen LogP contribution >= 0.6 is 0 Å². The van der Waals surface area contributed by atoms with E-state index in [4.69, 9.17) is 4.52 Å². The van der Waals surface area contributed by atoms with E-state index in [1.165, 1.54) is 19.3 Å². The second-order valence-corrected chi connectivity index (χ2v) is 5.88. The van der Waals surface area contributed by atoms with Crippen LogP contribution in [-0.4, -0.2) is 28.2 Å². The van der Waals surface area contributed by atoms with E-state index >= 15 is 0 Å². The number of aromatic nitrogens is 3. The van der Waals surface area contributed by atoms with Crippen LogP contribution in [0.1, 0.15) is 25.1 Å². The first-order valence-corrected chi connectivity index (χ1v) is 7.32. The first-order chi connectivity index (χ1) is 9.81. The average Bonchev–Trinajstić information content (AvgIpc) is 3.13. The van der Waals surface area contributed by atoms with Gasteiger partial charge in [-0.05, 0) is 43.7 Å². The quantitative estimate of drug-likeness (QED) is 0.839. The van der Waals surface area contributed by atoms with Gasteiger partial charge in [-0.1, -0.05) is 11.6 Å². The molecule has 2 aromatic rings. The van der Waals surface area contributed by atoms with Gasteiger partial charge in [0, 0.05) is 19.3 Å². The highest BCUT2D eigenvalue weighted by Gasteiger charge is 2.37. The number of anilines is 1. The number of fused-ring (bicyclic) bond motifs is 1. The highest BCUT2D eigenvalue weighted by molar-refractivity contribution is 5.70. The fraction of sp³-hybridized carbons (Fsp3) is 0.533. The number of hydrogen-bond donors (Lipinski definition) is 0. The summed E-state index contributed by atoms with van der Waals surface area (Å²) in [6, 6.07) is 3.94. The van der Waals surface area contributed by atoms with Crippen molar-refractivity contribution in [3.8, 4) is 11.5 Å². The van der Waals surface area contributed by atoms with Crippen molar-refractivity contribution in [2.24, 2.45) is 11.8 Å². The Bertz CT molecular complexity index is 612. The van der Waals surface area contributed by atoms with E-state index < -0.39 is 0 Å².